The van der Waals surface area contributed by atoms with Crippen LogP contribution in [0.3, 0.4) is 0 Å². The maximum absolute atomic E-state index is 11.8. The molecule has 0 aliphatic heterocycles. The van der Waals surface area contributed by atoms with Crippen molar-refractivity contribution in [3.63, 3.8) is 0 Å². The van der Waals surface area contributed by atoms with Crippen molar-refractivity contribution in [3.05, 3.63) is 32.6 Å². The first-order valence-electron chi connectivity index (χ1n) is 7.25. The number of aromatic nitrogens is 2. The zero-order valence-electron chi connectivity index (χ0n) is 12.0. The van der Waals surface area contributed by atoms with Gasteiger partial charge in [-0.15, -0.1) is 0 Å². The van der Waals surface area contributed by atoms with E-state index in [1.54, 1.807) is 13.3 Å². The van der Waals surface area contributed by atoms with Crippen molar-refractivity contribution < 1.29 is 4.74 Å². The van der Waals surface area contributed by atoms with E-state index in [9.17, 15) is 9.59 Å². The highest BCUT2D eigenvalue weighted by Gasteiger charge is 2.13. The molecule has 1 saturated carbocycles. The first-order valence-corrected chi connectivity index (χ1v) is 7.25. The average Bonchev–Trinajstić information content (AvgIpc) is 2.46. The minimum atomic E-state index is -0.381. The highest BCUT2D eigenvalue weighted by molar-refractivity contribution is 5.04. The summed E-state index contributed by atoms with van der Waals surface area (Å²) in [6, 6.07) is 0.488. The molecule has 1 aromatic heterocycles. The summed E-state index contributed by atoms with van der Waals surface area (Å²) in [5, 5.41) is 3.41. The van der Waals surface area contributed by atoms with E-state index in [0.717, 1.165) is 0 Å². The zero-order chi connectivity index (χ0) is 14.4. The summed E-state index contributed by atoms with van der Waals surface area (Å²) < 4.78 is 6.45. The molecule has 1 fully saturated rings. The second-order valence-corrected chi connectivity index (χ2v) is 5.32. The second kappa shape index (κ2) is 7.40. The van der Waals surface area contributed by atoms with Gasteiger partial charge < -0.3 is 10.1 Å². The average molecular weight is 281 g/mol. The third kappa shape index (κ3) is 4.05. The van der Waals surface area contributed by atoms with E-state index in [-0.39, 0.29) is 11.2 Å². The Morgan fingerprint density at radius 1 is 1.35 bits per heavy atom. The Morgan fingerprint density at radius 2 is 2.10 bits per heavy atom. The molecule has 0 amide bonds. The standard InChI is InChI=1S/C14H23N3O3/c1-20-8-7-17-10-11(13(18)16-14(17)19)9-15-12-5-3-2-4-6-12/h10,12,15H,2-9H2,1H3,(H,16,18,19). The van der Waals surface area contributed by atoms with Gasteiger partial charge in [-0.3, -0.25) is 14.3 Å². The van der Waals surface area contributed by atoms with Gasteiger partial charge in [-0.05, 0) is 12.8 Å². The van der Waals surface area contributed by atoms with E-state index in [1.165, 1.54) is 36.7 Å². The third-order valence-corrected chi connectivity index (χ3v) is 3.81. The van der Waals surface area contributed by atoms with Crippen LogP contribution in [0.5, 0.6) is 0 Å². The Kier molecular flexibility index (Phi) is 5.55. The summed E-state index contributed by atoms with van der Waals surface area (Å²) in [7, 11) is 1.59. The number of H-pyrrole nitrogens is 1. The lowest BCUT2D eigenvalue weighted by Crippen LogP contribution is -2.37. The molecule has 0 aromatic carbocycles. The molecule has 112 valence electrons. The summed E-state index contributed by atoms with van der Waals surface area (Å²) in [6.45, 7) is 1.40. The van der Waals surface area contributed by atoms with Gasteiger partial charge in [-0.25, -0.2) is 4.79 Å². The highest BCUT2D eigenvalue weighted by Crippen LogP contribution is 2.17. The number of ether oxygens (including phenoxy) is 1. The van der Waals surface area contributed by atoms with Crippen molar-refractivity contribution in [1.29, 1.82) is 0 Å². The lowest BCUT2D eigenvalue weighted by atomic mass is 9.95. The fourth-order valence-corrected chi connectivity index (χ4v) is 2.60. The van der Waals surface area contributed by atoms with Gasteiger partial charge in [0.25, 0.3) is 5.56 Å². The topological polar surface area (TPSA) is 76.1 Å². The maximum atomic E-state index is 11.8. The van der Waals surface area contributed by atoms with Gasteiger partial charge in [0.15, 0.2) is 0 Å². The van der Waals surface area contributed by atoms with Crippen LogP contribution in [0.1, 0.15) is 37.7 Å². The molecule has 0 atom stereocenters. The van der Waals surface area contributed by atoms with Crippen LogP contribution in [-0.2, 0) is 17.8 Å². The molecule has 6 nitrogen and oxygen atoms in total. The van der Waals surface area contributed by atoms with Gasteiger partial charge in [0.1, 0.15) is 0 Å². The molecule has 0 spiro atoms. The molecular formula is C14H23N3O3. The van der Waals surface area contributed by atoms with Crippen molar-refractivity contribution >= 4 is 0 Å². The minimum Gasteiger partial charge on any atom is -0.383 e. The normalized spacial score (nSPS) is 16.4. The summed E-state index contributed by atoms with van der Waals surface area (Å²) in [5.41, 5.74) is -0.0771. The smallest absolute Gasteiger partial charge is 0.328 e. The quantitative estimate of drug-likeness (QED) is 0.801. The largest absolute Gasteiger partial charge is 0.383 e. The van der Waals surface area contributed by atoms with Crippen LogP contribution in [0, 0.1) is 0 Å². The van der Waals surface area contributed by atoms with Crippen LogP contribution in [0.15, 0.2) is 15.8 Å². The number of hydrogen-bond acceptors (Lipinski definition) is 4. The number of methoxy groups -OCH3 is 1. The molecule has 20 heavy (non-hydrogen) atoms. The number of nitrogens with one attached hydrogen (secondary N) is 2. The van der Waals surface area contributed by atoms with Gasteiger partial charge in [-0.1, -0.05) is 19.3 Å². The van der Waals surface area contributed by atoms with Gasteiger partial charge in [0.05, 0.1) is 13.2 Å². The van der Waals surface area contributed by atoms with Crippen molar-refractivity contribution in [1.82, 2.24) is 14.9 Å². The molecule has 1 aromatic rings. The molecule has 1 heterocycles. The van der Waals surface area contributed by atoms with E-state index in [4.69, 9.17) is 4.74 Å². The molecule has 0 saturated heterocycles. The molecule has 1 aliphatic rings. The Balaban J connectivity index is 2.02. The van der Waals surface area contributed by atoms with E-state index in [0.29, 0.717) is 31.3 Å². The molecule has 2 rings (SSSR count). The van der Waals surface area contributed by atoms with Gasteiger partial charge in [-0.2, -0.15) is 0 Å². The number of hydrogen-bond donors (Lipinski definition) is 2. The van der Waals surface area contributed by atoms with E-state index in [2.05, 4.69) is 10.3 Å². The van der Waals surface area contributed by atoms with E-state index in [1.807, 2.05) is 0 Å². The maximum Gasteiger partial charge on any atom is 0.328 e. The van der Waals surface area contributed by atoms with Crippen molar-refractivity contribution in [2.45, 2.75) is 51.2 Å². The first kappa shape index (κ1) is 15.0. The van der Waals surface area contributed by atoms with Gasteiger partial charge in [0.2, 0.25) is 0 Å². The Morgan fingerprint density at radius 3 is 2.80 bits per heavy atom. The van der Waals surface area contributed by atoms with Crippen LogP contribution < -0.4 is 16.6 Å². The monoisotopic (exact) mass is 281 g/mol. The molecule has 0 unspecified atom stereocenters. The Hall–Kier alpha value is -1.40. The molecule has 6 heteroatoms. The van der Waals surface area contributed by atoms with E-state index < -0.39 is 0 Å². The summed E-state index contributed by atoms with van der Waals surface area (Å²) in [6.07, 6.45) is 7.78. The molecule has 2 N–H and O–H groups in total. The van der Waals surface area contributed by atoms with Gasteiger partial charge >= 0.3 is 5.69 Å². The molecular weight excluding hydrogens is 258 g/mol. The van der Waals surface area contributed by atoms with Crippen molar-refractivity contribution in [2.24, 2.45) is 0 Å². The Labute approximate surface area is 118 Å². The van der Waals surface area contributed by atoms with Crippen LogP contribution in [-0.4, -0.2) is 29.3 Å². The molecule has 0 bridgehead atoms. The minimum absolute atomic E-state index is 0.299. The number of nitrogens with zero attached hydrogens (tertiary/aromatic N) is 1. The highest BCUT2D eigenvalue weighted by atomic mass is 16.5. The number of rotatable bonds is 6. The number of aromatic amines is 1. The molecule has 0 radical (unpaired) electrons. The van der Waals surface area contributed by atoms with Gasteiger partial charge in [0, 0.05) is 31.5 Å². The summed E-state index contributed by atoms with van der Waals surface area (Å²) >= 11 is 0. The third-order valence-electron chi connectivity index (χ3n) is 3.81. The second-order valence-electron chi connectivity index (χ2n) is 5.32. The van der Waals surface area contributed by atoms with E-state index >= 15 is 0 Å². The summed E-state index contributed by atoms with van der Waals surface area (Å²) in [5.74, 6) is 0. The SMILES string of the molecule is COCCn1cc(CNC2CCCCC2)c(=O)[nH]c1=O. The van der Waals surface area contributed by atoms with Crippen LogP contribution in [0.25, 0.3) is 0 Å². The predicted octanol–water partition coefficient (Wildman–Crippen LogP) is 0.605. The van der Waals surface area contributed by atoms with Crippen molar-refractivity contribution in [2.75, 3.05) is 13.7 Å². The van der Waals surface area contributed by atoms with Crippen molar-refractivity contribution in [3.8, 4) is 0 Å². The fraction of sp³-hybridized carbons (Fsp3) is 0.714. The fourth-order valence-electron chi connectivity index (χ4n) is 2.60. The predicted molar refractivity (Wildman–Crippen MR) is 76.9 cm³/mol. The lowest BCUT2D eigenvalue weighted by molar-refractivity contribution is 0.185. The zero-order valence-corrected chi connectivity index (χ0v) is 12.0. The summed E-state index contributed by atoms with van der Waals surface area (Å²) in [4.78, 5) is 25.8. The lowest BCUT2D eigenvalue weighted by Gasteiger charge is -2.22. The Bertz CT molecular complexity index is 529. The van der Waals surface area contributed by atoms with Crippen LogP contribution in [0.2, 0.25) is 0 Å². The first-order chi connectivity index (χ1) is 9.70. The molecule has 1 aliphatic carbocycles. The van der Waals surface area contributed by atoms with Crippen LogP contribution >= 0.6 is 0 Å². The van der Waals surface area contributed by atoms with Crippen LogP contribution in [0.4, 0.5) is 0 Å².